The van der Waals surface area contributed by atoms with Gasteiger partial charge in [-0.1, -0.05) is 18.6 Å². The normalized spacial score (nSPS) is 11.1. The van der Waals surface area contributed by atoms with Gasteiger partial charge < -0.3 is 9.47 Å². The molecule has 0 saturated carbocycles. The molecular weight excluding hydrogens is 400 g/mol. The van der Waals surface area contributed by atoms with Gasteiger partial charge in [0.1, 0.15) is 16.4 Å². The summed E-state index contributed by atoms with van der Waals surface area (Å²) in [7, 11) is 3.01. The molecule has 0 fully saturated rings. The smallest absolute Gasteiger partial charge is 0.305 e. The number of ether oxygens (including phenoxy) is 2. The molecule has 0 amide bonds. The highest BCUT2D eigenvalue weighted by molar-refractivity contribution is 7.19. The van der Waals surface area contributed by atoms with Crippen LogP contribution in [-0.4, -0.2) is 29.7 Å². The van der Waals surface area contributed by atoms with E-state index in [9.17, 15) is 9.59 Å². The van der Waals surface area contributed by atoms with Crippen LogP contribution in [-0.2, 0) is 22.5 Å². The Morgan fingerprint density at radius 2 is 2.00 bits per heavy atom. The van der Waals surface area contributed by atoms with Crippen LogP contribution in [0, 0.1) is 13.8 Å². The third kappa shape index (κ3) is 4.26. The van der Waals surface area contributed by atoms with Gasteiger partial charge in [-0.25, -0.2) is 4.98 Å². The van der Waals surface area contributed by atoms with Crippen molar-refractivity contribution in [3.63, 3.8) is 0 Å². The van der Waals surface area contributed by atoms with Crippen molar-refractivity contribution in [3.8, 4) is 16.9 Å². The molecule has 0 N–H and O–H groups in total. The second-order valence-corrected chi connectivity index (χ2v) is 8.53. The average molecular weight is 429 g/mol. The first-order valence-electron chi connectivity index (χ1n) is 10.2. The van der Waals surface area contributed by atoms with E-state index in [2.05, 4.69) is 6.92 Å². The van der Waals surface area contributed by atoms with Crippen molar-refractivity contribution in [1.29, 1.82) is 0 Å². The van der Waals surface area contributed by atoms with Gasteiger partial charge in [0.25, 0.3) is 5.56 Å². The predicted molar refractivity (Wildman–Crippen MR) is 121 cm³/mol. The summed E-state index contributed by atoms with van der Waals surface area (Å²) in [6, 6.07) is 5.98. The molecule has 6 nitrogen and oxygen atoms in total. The van der Waals surface area contributed by atoms with Crippen LogP contribution < -0.4 is 10.3 Å². The molecule has 0 spiro atoms. The summed E-state index contributed by atoms with van der Waals surface area (Å²) < 4.78 is 12.0. The molecule has 3 aromatic rings. The van der Waals surface area contributed by atoms with Crippen LogP contribution in [0.3, 0.4) is 0 Å². The number of hydrogen-bond donors (Lipinski definition) is 0. The average Bonchev–Trinajstić information content (AvgIpc) is 3.06. The van der Waals surface area contributed by atoms with Crippen LogP contribution in [0.1, 0.15) is 42.5 Å². The zero-order valence-corrected chi connectivity index (χ0v) is 19.0. The van der Waals surface area contributed by atoms with Gasteiger partial charge in [0, 0.05) is 35.4 Å². The highest BCUT2D eigenvalue weighted by Crippen LogP contribution is 2.40. The van der Waals surface area contributed by atoms with Gasteiger partial charge in [-0.3, -0.25) is 14.2 Å². The summed E-state index contributed by atoms with van der Waals surface area (Å²) in [5.74, 6) is 1.23. The summed E-state index contributed by atoms with van der Waals surface area (Å²) in [5.41, 5.74) is 2.83. The number of methoxy groups -OCH3 is 2. The van der Waals surface area contributed by atoms with Crippen LogP contribution in [0.5, 0.6) is 5.75 Å². The first-order valence-corrected chi connectivity index (χ1v) is 11.0. The molecular formula is C23H28N2O4S. The molecule has 0 aliphatic carbocycles. The van der Waals surface area contributed by atoms with Gasteiger partial charge in [0.2, 0.25) is 0 Å². The molecule has 7 heteroatoms. The van der Waals surface area contributed by atoms with Crippen LogP contribution in [0.2, 0.25) is 0 Å². The number of thiophene rings is 1. The van der Waals surface area contributed by atoms with Gasteiger partial charge in [0.15, 0.2) is 0 Å². The Bertz CT molecular complexity index is 1130. The minimum Gasteiger partial charge on any atom is -0.496 e. The minimum atomic E-state index is -0.273. The predicted octanol–water partition coefficient (Wildman–Crippen LogP) is 4.66. The van der Waals surface area contributed by atoms with Crippen LogP contribution in [0.4, 0.5) is 0 Å². The number of esters is 1. The first-order chi connectivity index (χ1) is 14.4. The zero-order valence-electron chi connectivity index (χ0n) is 18.2. The summed E-state index contributed by atoms with van der Waals surface area (Å²) in [6.07, 6.45) is 2.40. The summed E-state index contributed by atoms with van der Waals surface area (Å²) >= 11 is 1.54. The Balaban J connectivity index is 2.20. The molecule has 0 aliphatic heterocycles. The third-order valence-electron chi connectivity index (χ3n) is 5.16. The molecule has 0 radical (unpaired) electrons. The van der Waals surface area contributed by atoms with Gasteiger partial charge in [-0.05, 0) is 38.8 Å². The van der Waals surface area contributed by atoms with E-state index in [1.807, 2.05) is 32.0 Å². The van der Waals surface area contributed by atoms with Gasteiger partial charge >= 0.3 is 5.97 Å². The van der Waals surface area contributed by atoms with Crippen LogP contribution >= 0.6 is 11.3 Å². The van der Waals surface area contributed by atoms with E-state index >= 15 is 0 Å². The van der Waals surface area contributed by atoms with Gasteiger partial charge in [-0.2, -0.15) is 0 Å². The Morgan fingerprint density at radius 1 is 1.23 bits per heavy atom. The van der Waals surface area contributed by atoms with E-state index in [4.69, 9.17) is 14.5 Å². The molecule has 3 rings (SSSR count). The standard InChI is InChI=1S/C23H28N2O4S/c1-6-8-18-24-22-21(23(27)25(18)12-7-9-19(26)29-5)20(15(3)30-22)16-13-14(2)10-11-17(16)28-4/h10-11,13H,6-9,12H2,1-5H3. The number of aryl methyl sites for hydroxylation is 3. The lowest BCUT2D eigenvalue weighted by Gasteiger charge is -2.13. The maximum atomic E-state index is 13.6. The third-order valence-corrected chi connectivity index (χ3v) is 6.15. The van der Waals surface area contributed by atoms with Crippen molar-refractivity contribution in [2.45, 2.75) is 53.0 Å². The number of fused-ring (bicyclic) bond motifs is 1. The number of benzene rings is 1. The lowest BCUT2D eigenvalue weighted by Crippen LogP contribution is -2.25. The van der Waals surface area contributed by atoms with Crippen molar-refractivity contribution >= 4 is 27.5 Å². The van der Waals surface area contributed by atoms with Crippen molar-refractivity contribution in [3.05, 3.63) is 44.8 Å². The van der Waals surface area contributed by atoms with Crippen molar-refractivity contribution in [1.82, 2.24) is 9.55 Å². The molecule has 0 atom stereocenters. The van der Waals surface area contributed by atoms with Crippen LogP contribution in [0.25, 0.3) is 21.3 Å². The SMILES string of the molecule is CCCc1nc2sc(C)c(-c3cc(C)ccc3OC)c2c(=O)n1CCCC(=O)OC. The quantitative estimate of drug-likeness (QED) is 0.488. The van der Waals surface area contributed by atoms with Crippen LogP contribution in [0.15, 0.2) is 23.0 Å². The molecule has 2 heterocycles. The van der Waals surface area contributed by atoms with Crippen molar-refractivity contribution < 1.29 is 14.3 Å². The van der Waals surface area contributed by atoms with E-state index < -0.39 is 0 Å². The molecule has 0 saturated heterocycles. The lowest BCUT2D eigenvalue weighted by molar-refractivity contribution is -0.140. The van der Waals surface area contributed by atoms with E-state index in [0.717, 1.165) is 44.4 Å². The lowest BCUT2D eigenvalue weighted by atomic mass is 10.0. The van der Waals surface area contributed by atoms with Crippen molar-refractivity contribution in [2.24, 2.45) is 0 Å². The van der Waals surface area contributed by atoms with Gasteiger partial charge in [0.05, 0.1) is 19.6 Å². The number of hydrogen-bond acceptors (Lipinski definition) is 6. The molecule has 0 bridgehead atoms. The Kier molecular flexibility index (Phi) is 6.92. The number of carbonyl (C=O) groups excluding carboxylic acids is 1. The second kappa shape index (κ2) is 9.43. The highest BCUT2D eigenvalue weighted by atomic mass is 32.1. The number of nitrogens with zero attached hydrogens (tertiary/aromatic N) is 2. The highest BCUT2D eigenvalue weighted by Gasteiger charge is 2.21. The Labute approximate surface area is 180 Å². The minimum absolute atomic E-state index is 0.0591. The fraction of sp³-hybridized carbons (Fsp3) is 0.435. The number of carbonyl (C=O) groups is 1. The number of rotatable bonds is 8. The Hall–Kier alpha value is -2.67. The molecule has 160 valence electrons. The zero-order chi connectivity index (χ0) is 21.8. The summed E-state index contributed by atoms with van der Waals surface area (Å²) in [5, 5.41) is 0.624. The van der Waals surface area contributed by atoms with E-state index in [1.54, 1.807) is 11.7 Å². The molecule has 30 heavy (non-hydrogen) atoms. The maximum absolute atomic E-state index is 13.6. The maximum Gasteiger partial charge on any atom is 0.305 e. The van der Waals surface area contributed by atoms with Gasteiger partial charge in [-0.15, -0.1) is 11.3 Å². The topological polar surface area (TPSA) is 70.4 Å². The largest absolute Gasteiger partial charge is 0.496 e. The molecule has 1 aromatic carbocycles. The number of aromatic nitrogens is 2. The Morgan fingerprint density at radius 3 is 2.67 bits per heavy atom. The summed E-state index contributed by atoms with van der Waals surface area (Å²) in [4.78, 5) is 31.8. The van der Waals surface area contributed by atoms with Crippen molar-refractivity contribution in [2.75, 3.05) is 14.2 Å². The molecule has 0 aliphatic rings. The van der Waals surface area contributed by atoms with E-state index in [1.165, 1.54) is 18.4 Å². The fourth-order valence-corrected chi connectivity index (χ4v) is 4.75. The molecule has 0 unspecified atom stereocenters. The second-order valence-electron chi connectivity index (χ2n) is 7.33. The van der Waals surface area contributed by atoms with E-state index in [-0.39, 0.29) is 17.9 Å². The fourth-order valence-electron chi connectivity index (χ4n) is 3.71. The molecule has 2 aromatic heterocycles. The first kappa shape index (κ1) is 22.0. The monoisotopic (exact) mass is 428 g/mol. The summed E-state index contributed by atoms with van der Waals surface area (Å²) in [6.45, 7) is 6.54. The van der Waals surface area contributed by atoms with E-state index in [0.29, 0.717) is 24.8 Å².